The minimum Gasteiger partial charge on any atom is -0.448 e. The van der Waals surface area contributed by atoms with Crippen molar-refractivity contribution >= 4 is 39.9 Å². The number of hydrogen-bond acceptors (Lipinski definition) is 6. The van der Waals surface area contributed by atoms with E-state index in [1.54, 1.807) is 6.07 Å². The Bertz CT molecular complexity index is 988. The van der Waals surface area contributed by atoms with E-state index in [0.29, 0.717) is 10.2 Å². The predicted molar refractivity (Wildman–Crippen MR) is 110 cm³/mol. The molecule has 2 heterocycles. The lowest BCUT2D eigenvalue weighted by Crippen LogP contribution is -2.30. The smallest absolute Gasteiger partial charge is 0.357 e. The normalized spacial score (nSPS) is 11.7. The van der Waals surface area contributed by atoms with Crippen molar-refractivity contribution in [2.75, 3.05) is 5.32 Å². The van der Waals surface area contributed by atoms with Crippen LogP contribution < -0.4 is 5.32 Å². The van der Waals surface area contributed by atoms with Crippen LogP contribution in [0.15, 0.2) is 48.0 Å². The molecule has 1 aromatic carbocycles. The number of pyridine rings is 1. The van der Waals surface area contributed by atoms with Gasteiger partial charge in [-0.3, -0.25) is 10.1 Å². The molecule has 0 bridgehead atoms. The quantitative estimate of drug-likeness (QED) is 0.595. The Hall–Kier alpha value is -2.77. The highest BCUT2D eigenvalue weighted by molar-refractivity contribution is 7.14. The largest absolute Gasteiger partial charge is 0.448 e. The molecule has 8 heteroatoms. The van der Waals surface area contributed by atoms with E-state index in [4.69, 9.17) is 16.3 Å². The van der Waals surface area contributed by atoms with Gasteiger partial charge >= 0.3 is 5.97 Å². The number of aromatic nitrogens is 2. The molecule has 28 heavy (non-hydrogen) atoms. The summed E-state index contributed by atoms with van der Waals surface area (Å²) in [6.07, 6.45) is 1.36. The molecule has 0 fully saturated rings. The number of anilines is 1. The lowest BCUT2D eigenvalue weighted by molar-refractivity contribution is -0.123. The fourth-order valence-corrected chi connectivity index (χ4v) is 3.26. The van der Waals surface area contributed by atoms with Crippen LogP contribution in [0.2, 0.25) is 5.02 Å². The summed E-state index contributed by atoms with van der Waals surface area (Å²) in [5.74, 6) is -1.20. The number of benzene rings is 1. The van der Waals surface area contributed by atoms with Crippen LogP contribution in [-0.4, -0.2) is 27.9 Å². The first-order valence-electron chi connectivity index (χ1n) is 8.64. The highest BCUT2D eigenvalue weighted by Crippen LogP contribution is 2.25. The Morgan fingerprint density at radius 2 is 2.00 bits per heavy atom. The standard InChI is InChI=1S/C20H18ClN3O3S/c1-3-13-4-6-14(7-5-13)17-11-28-20(23-17)24-18(25)12(2)27-19(26)16-10-15(21)8-9-22-16/h4-12H,3H2,1-2H3,(H,23,24,25)/t12-/m0/s1. The lowest BCUT2D eigenvalue weighted by atomic mass is 10.1. The van der Waals surface area contributed by atoms with Gasteiger partial charge in [0.25, 0.3) is 5.91 Å². The Kier molecular flexibility index (Phi) is 6.38. The fraction of sp³-hybridized carbons (Fsp3) is 0.200. The van der Waals surface area contributed by atoms with Gasteiger partial charge in [-0.2, -0.15) is 0 Å². The number of thiazole rings is 1. The molecule has 0 radical (unpaired) electrons. The number of aryl methyl sites for hydroxylation is 1. The van der Waals surface area contributed by atoms with Crippen molar-refractivity contribution in [3.63, 3.8) is 0 Å². The van der Waals surface area contributed by atoms with Gasteiger partial charge in [-0.1, -0.05) is 42.8 Å². The molecule has 0 aliphatic carbocycles. The average molecular weight is 416 g/mol. The molecule has 1 atom stereocenters. The Balaban J connectivity index is 1.61. The zero-order chi connectivity index (χ0) is 20.1. The monoisotopic (exact) mass is 415 g/mol. The number of hydrogen-bond donors (Lipinski definition) is 1. The van der Waals surface area contributed by atoms with E-state index in [1.165, 1.54) is 36.1 Å². The van der Waals surface area contributed by atoms with E-state index in [9.17, 15) is 9.59 Å². The van der Waals surface area contributed by atoms with Crippen LogP contribution in [0.25, 0.3) is 11.3 Å². The molecule has 0 aliphatic heterocycles. The summed E-state index contributed by atoms with van der Waals surface area (Å²) in [5, 5.41) is 5.33. The zero-order valence-corrected chi connectivity index (χ0v) is 16.9. The van der Waals surface area contributed by atoms with Gasteiger partial charge in [0, 0.05) is 22.2 Å². The molecule has 2 aromatic heterocycles. The van der Waals surface area contributed by atoms with Crippen LogP contribution in [0.1, 0.15) is 29.9 Å². The van der Waals surface area contributed by atoms with Gasteiger partial charge in [0.15, 0.2) is 11.2 Å². The highest BCUT2D eigenvalue weighted by atomic mass is 35.5. The number of rotatable bonds is 6. The van der Waals surface area contributed by atoms with E-state index in [-0.39, 0.29) is 5.69 Å². The number of halogens is 1. The third-order valence-corrected chi connectivity index (χ3v) is 4.97. The second-order valence-electron chi connectivity index (χ2n) is 5.98. The minimum atomic E-state index is -1.01. The number of nitrogens with zero attached hydrogens (tertiary/aromatic N) is 2. The number of carbonyl (C=O) groups excluding carboxylic acids is 2. The first kappa shape index (κ1) is 20.0. The zero-order valence-electron chi connectivity index (χ0n) is 15.3. The summed E-state index contributed by atoms with van der Waals surface area (Å²) in [7, 11) is 0. The van der Waals surface area contributed by atoms with Gasteiger partial charge in [0.2, 0.25) is 0 Å². The van der Waals surface area contributed by atoms with Crippen molar-refractivity contribution in [1.82, 2.24) is 9.97 Å². The second-order valence-corrected chi connectivity index (χ2v) is 7.28. The van der Waals surface area contributed by atoms with Crippen molar-refractivity contribution < 1.29 is 14.3 Å². The van der Waals surface area contributed by atoms with Crippen molar-refractivity contribution in [3.8, 4) is 11.3 Å². The topological polar surface area (TPSA) is 81.2 Å². The van der Waals surface area contributed by atoms with Crippen LogP contribution in [0.3, 0.4) is 0 Å². The highest BCUT2D eigenvalue weighted by Gasteiger charge is 2.21. The van der Waals surface area contributed by atoms with Crippen LogP contribution in [0, 0.1) is 0 Å². The van der Waals surface area contributed by atoms with Gasteiger partial charge < -0.3 is 4.74 Å². The van der Waals surface area contributed by atoms with E-state index in [1.807, 2.05) is 17.5 Å². The third-order valence-electron chi connectivity index (χ3n) is 3.98. The van der Waals surface area contributed by atoms with Crippen LogP contribution in [0.4, 0.5) is 5.13 Å². The van der Waals surface area contributed by atoms with E-state index < -0.39 is 18.0 Å². The molecule has 0 saturated carbocycles. The molecule has 0 aliphatic rings. The maximum absolute atomic E-state index is 12.3. The summed E-state index contributed by atoms with van der Waals surface area (Å²) in [6, 6.07) is 11.0. The number of nitrogens with one attached hydrogen (secondary N) is 1. The minimum absolute atomic E-state index is 0.0409. The molecule has 1 amide bonds. The molecule has 0 saturated heterocycles. The Morgan fingerprint density at radius 3 is 2.68 bits per heavy atom. The molecule has 144 valence electrons. The number of amides is 1. The van der Waals surface area contributed by atoms with Gasteiger partial charge in [0.1, 0.15) is 5.69 Å². The summed E-state index contributed by atoms with van der Waals surface area (Å²) in [4.78, 5) is 32.7. The maximum Gasteiger partial charge on any atom is 0.357 e. The maximum atomic E-state index is 12.3. The molecule has 1 N–H and O–H groups in total. The van der Waals surface area contributed by atoms with Gasteiger partial charge in [-0.15, -0.1) is 11.3 Å². The summed E-state index contributed by atoms with van der Waals surface area (Å²) < 4.78 is 5.15. The molecule has 3 rings (SSSR count). The molecule has 0 spiro atoms. The summed E-state index contributed by atoms with van der Waals surface area (Å²) >= 11 is 7.14. The first-order chi connectivity index (χ1) is 13.5. The lowest BCUT2D eigenvalue weighted by Gasteiger charge is -2.12. The summed E-state index contributed by atoms with van der Waals surface area (Å²) in [5.41, 5.74) is 3.03. The van der Waals surface area contributed by atoms with Crippen molar-refractivity contribution in [3.05, 3.63) is 64.3 Å². The van der Waals surface area contributed by atoms with Crippen molar-refractivity contribution in [2.45, 2.75) is 26.4 Å². The summed E-state index contributed by atoms with van der Waals surface area (Å²) in [6.45, 7) is 3.58. The van der Waals surface area contributed by atoms with Crippen LogP contribution >= 0.6 is 22.9 Å². The number of carbonyl (C=O) groups is 2. The molecule has 6 nitrogen and oxygen atoms in total. The molecule has 3 aromatic rings. The van der Waals surface area contributed by atoms with Gasteiger partial charge in [-0.25, -0.2) is 14.8 Å². The Morgan fingerprint density at radius 1 is 1.25 bits per heavy atom. The van der Waals surface area contributed by atoms with Gasteiger partial charge in [-0.05, 0) is 31.0 Å². The molecular formula is C20H18ClN3O3S. The van der Waals surface area contributed by atoms with Crippen LogP contribution in [-0.2, 0) is 16.0 Å². The number of esters is 1. The third kappa shape index (κ3) is 4.94. The number of ether oxygens (including phenoxy) is 1. The molecule has 0 unspecified atom stereocenters. The van der Waals surface area contributed by atoms with E-state index in [2.05, 4.69) is 34.3 Å². The Labute approximate surface area is 171 Å². The average Bonchev–Trinajstić information content (AvgIpc) is 3.16. The first-order valence-corrected chi connectivity index (χ1v) is 9.90. The molecular weight excluding hydrogens is 398 g/mol. The van der Waals surface area contributed by atoms with E-state index in [0.717, 1.165) is 17.7 Å². The van der Waals surface area contributed by atoms with E-state index >= 15 is 0 Å². The van der Waals surface area contributed by atoms with Crippen molar-refractivity contribution in [1.29, 1.82) is 0 Å². The predicted octanol–water partition coefficient (Wildman–Crippen LogP) is 4.60. The van der Waals surface area contributed by atoms with Crippen LogP contribution in [0.5, 0.6) is 0 Å². The second kappa shape index (κ2) is 8.95. The van der Waals surface area contributed by atoms with Crippen molar-refractivity contribution in [2.24, 2.45) is 0 Å². The SMILES string of the molecule is CCc1ccc(-c2csc(NC(=O)[C@H](C)OC(=O)c3cc(Cl)ccn3)n2)cc1. The fourth-order valence-electron chi connectivity index (χ4n) is 2.37. The van der Waals surface area contributed by atoms with Gasteiger partial charge in [0.05, 0.1) is 5.69 Å².